The van der Waals surface area contributed by atoms with Crippen molar-refractivity contribution >= 4 is 32.4 Å². The minimum absolute atomic E-state index is 0.676. The van der Waals surface area contributed by atoms with Gasteiger partial charge in [-0.2, -0.15) is 5.26 Å². The van der Waals surface area contributed by atoms with Crippen LogP contribution in [-0.4, -0.2) is 17.2 Å². The largest absolute Gasteiger partial charge is 0.345 e. The Bertz CT molecular complexity index is 543. The van der Waals surface area contributed by atoms with Crippen LogP contribution in [0.25, 0.3) is 0 Å². The van der Waals surface area contributed by atoms with Crippen molar-refractivity contribution in [3.8, 4) is 6.07 Å². The van der Waals surface area contributed by atoms with Crippen molar-refractivity contribution in [2.45, 2.75) is 6.54 Å². The second-order valence-electron chi connectivity index (χ2n) is 3.50. The van der Waals surface area contributed by atoms with Crippen LogP contribution in [0.3, 0.4) is 0 Å². The van der Waals surface area contributed by atoms with Crippen molar-refractivity contribution in [2.24, 2.45) is 0 Å². The summed E-state index contributed by atoms with van der Waals surface area (Å²) in [5.41, 5.74) is 1.81. The zero-order valence-corrected chi connectivity index (χ0v) is 11.5. The minimum atomic E-state index is 0.676. The molecule has 2 aromatic rings. The molecule has 6 heteroatoms. The van der Waals surface area contributed by atoms with Gasteiger partial charge in [-0.05, 0) is 33.6 Å². The zero-order chi connectivity index (χ0) is 12.3. The van der Waals surface area contributed by atoms with E-state index in [9.17, 15) is 0 Å². The van der Waals surface area contributed by atoms with E-state index in [1.165, 1.54) is 11.3 Å². The average Bonchev–Trinajstić information content (AvgIpc) is 2.77. The van der Waals surface area contributed by atoms with Crippen molar-refractivity contribution in [1.82, 2.24) is 10.2 Å². The first-order chi connectivity index (χ1) is 8.19. The molecule has 0 bridgehead atoms. The summed E-state index contributed by atoms with van der Waals surface area (Å²) in [6.45, 7) is 0.743. The highest BCUT2D eigenvalue weighted by atomic mass is 79.9. The van der Waals surface area contributed by atoms with Crippen LogP contribution < -0.4 is 4.90 Å². The molecular formula is C11H9BrN4S. The van der Waals surface area contributed by atoms with Crippen LogP contribution in [-0.2, 0) is 6.54 Å². The lowest BCUT2D eigenvalue weighted by Crippen LogP contribution is -2.16. The van der Waals surface area contributed by atoms with E-state index in [1.54, 1.807) is 0 Å². The van der Waals surface area contributed by atoms with E-state index in [0.29, 0.717) is 5.56 Å². The zero-order valence-electron chi connectivity index (χ0n) is 9.09. The monoisotopic (exact) mass is 308 g/mol. The molecule has 86 valence electrons. The van der Waals surface area contributed by atoms with Crippen molar-refractivity contribution in [3.05, 3.63) is 39.3 Å². The smallest absolute Gasteiger partial charge is 0.209 e. The summed E-state index contributed by atoms with van der Waals surface area (Å²) >= 11 is 4.78. The van der Waals surface area contributed by atoms with Crippen LogP contribution in [0.4, 0.5) is 5.13 Å². The van der Waals surface area contributed by atoms with E-state index < -0.39 is 0 Å². The molecular weight excluding hydrogens is 300 g/mol. The molecule has 0 unspecified atom stereocenters. The Hall–Kier alpha value is -1.45. The number of hydrogen-bond donors (Lipinski definition) is 0. The van der Waals surface area contributed by atoms with Gasteiger partial charge in [-0.3, -0.25) is 0 Å². The van der Waals surface area contributed by atoms with Crippen LogP contribution in [0.1, 0.15) is 11.1 Å². The van der Waals surface area contributed by atoms with E-state index in [0.717, 1.165) is 21.2 Å². The molecule has 0 atom stereocenters. The number of nitrogens with zero attached hydrogens (tertiary/aromatic N) is 4. The lowest BCUT2D eigenvalue weighted by Gasteiger charge is -2.14. The van der Waals surface area contributed by atoms with Crippen LogP contribution in [0.2, 0.25) is 0 Å². The maximum Gasteiger partial charge on any atom is 0.209 e. The summed E-state index contributed by atoms with van der Waals surface area (Å²) in [7, 11) is 1.96. The number of anilines is 1. The molecule has 0 aliphatic rings. The Morgan fingerprint density at radius 2 is 2.06 bits per heavy atom. The maximum atomic E-state index is 8.71. The predicted molar refractivity (Wildman–Crippen MR) is 70.9 cm³/mol. The number of halogens is 1. The molecule has 0 fully saturated rings. The Labute approximate surface area is 112 Å². The number of aromatic nitrogens is 2. The van der Waals surface area contributed by atoms with Gasteiger partial charge < -0.3 is 4.90 Å². The summed E-state index contributed by atoms with van der Waals surface area (Å²) < 4.78 is 0.777. The number of rotatable bonds is 3. The van der Waals surface area contributed by atoms with Gasteiger partial charge in [-0.25, -0.2) is 0 Å². The second kappa shape index (κ2) is 5.25. The molecule has 0 spiro atoms. The van der Waals surface area contributed by atoms with Gasteiger partial charge in [-0.15, -0.1) is 10.2 Å². The molecule has 0 saturated heterocycles. The molecule has 17 heavy (non-hydrogen) atoms. The number of benzene rings is 1. The van der Waals surface area contributed by atoms with Gasteiger partial charge in [0.1, 0.15) is 0 Å². The van der Waals surface area contributed by atoms with Crippen LogP contribution in [0.15, 0.2) is 28.2 Å². The lowest BCUT2D eigenvalue weighted by molar-refractivity contribution is 0.892. The maximum absolute atomic E-state index is 8.71. The molecule has 0 aliphatic heterocycles. The third kappa shape index (κ3) is 3.02. The van der Waals surface area contributed by atoms with Gasteiger partial charge in [0, 0.05) is 13.6 Å². The summed E-state index contributed by atoms with van der Waals surface area (Å²) in [6, 6.07) is 9.64. The molecule has 2 rings (SSSR count). The SMILES string of the molecule is CN(Cc1ccc(C#N)cc1)c1nnc(Br)s1. The fraction of sp³-hybridized carbons (Fsp3) is 0.182. The van der Waals surface area contributed by atoms with Gasteiger partial charge >= 0.3 is 0 Å². The first-order valence-corrected chi connectivity index (χ1v) is 6.49. The van der Waals surface area contributed by atoms with E-state index in [1.807, 2.05) is 36.2 Å². The topological polar surface area (TPSA) is 52.8 Å². The van der Waals surface area contributed by atoms with Gasteiger partial charge in [-0.1, -0.05) is 23.5 Å². The molecule has 1 aromatic heterocycles. The number of nitriles is 1. The van der Waals surface area contributed by atoms with Gasteiger partial charge in [0.2, 0.25) is 5.13 Å². The standard InChI is InChI=1S/C11H9BrN4S/c1-16(11-15-14-10(12)17-11)7-9-4-2-8(6-13)3-5-9/h2-5H,7H2,1H3. The van der Waals surface area contributed by atoms with Gasteiger partial charge in [0.05, 0.1) is 11.6 Å². The molecule has 1 heterocycles. The molecule has 0 amide bonds. The lowest BCUT2D eigenvalue weighted by atomic mass is 10.1. The van der Waals surface area contributed by atoms with Crippen molar-refractivity contribution in [1.29, 1.82) is 5.26 Å². The quantitative estimate of drug-likeness (QED) is 0.875. The fourth-order valence-electron chi connectivity index (χ4n) is 1.38. The molecule has 0 N–H and O–H groups in total. The minimum Gasteiger partial charge on any atom is -0.345 e. The average molecular weight is 309 g/mol. The molecule has 0 saturated carbocycles. The Kier molecular flexibility index (Phi) is 3.71. The molecule has 0 aliphatic carbocycles. The van der Waals surface area contributed by atoms with E-state index in [2.05, 4.69) is 32.2 Å². The molecule has 0 radical (unpaired) electrons. The first kappa shape index (κ1) is 12.0. The summed E-state index contributed by atoms with van der Waals surface area (Å²) in [5.74, 6) is 0. The Morgan fingerprint density at radius 1 is 1.35 bits per heavy atom. The van der Waals surface area contributed by atoms with Crippen molar-refractivity contribution < 1.29 is 0 Å². The third-order valence-corrected chi connectivity index (χ3v) is 3.69. The normalized spacial score (nSPS) is 9.94. The number of hydrogen-bond acceptors (Lipinski definition) is 5. The highest BCUT2D eigenvalue weighted by Crippen LogP contribution is 2.24. The molecule has 1 aromatic carbocycles. The molecule has 4 nitrogen and oxygen atoms in total. The van der Waals surface area contributed by atoms with Gasteiger partial charge in [0.25, 0.3) is 0 Å². The third-order valence-electron chi connectivity index (χ3n) is 2.22. The fourth-order valence-corrected chi connectivity index (χ4v) is 2.43. The first-order valence-electron chi connectivity index (χ1n) is 4.88. The summed E-state index contributed by atoms with van der Waals surface area (Å²) in [5, 5.41) is 17.5. The van der Waals surface area contributed by atoms with Crippen LogP contribution >= 0.6 is 27.3 Å². The van der Waals surface area contributed by atoms with Crippen molar-refractivity contribution in [2.75, 3.05) is 11.9 Å². The van der Waals surface area contributed by atoms with Gasteiger partial charge in [0.15, 0.2) is 3.92 Å². The van der Waals surface area contributed by atoms with Crippen LogP contribution in [0.5, 0.6) is 0 Å². The summed E-state index contributed by atoms with van der Waals surface area (Å²) in [4.78, 5) is 2.02. The van der Waals surface area contributed by atoms with Crippen LogP contribution in [0, 0.1) is 11.3 Å². The summed E-state index contributed by atoms with van der Waals surface area (Å²) in [6.07, 6.45) is 0. The highest BCUT2D eigenvalue weighted by molar-refractivity contribution is 9.11. The Morgan fingerprint density at radius 3 is 2.59 bits per heavy atom. The predicted octanol–water partition coefficient (Wildman–Crippen LogP) is 2.81. The van der Waals surface area contributed by atoms with E-state index in [-0.39, 0.29) is 0 Å². The van der Waals surface area contributed by atoms with E-state index in [4.69, 9.17) is 5.26 Å². The van der Waals surface area contributed by atoms with Crippen molar-refractivity contribution in [3.63, 3.8) is 0 Å². The highest BCUT2D eigenvalue weighted by Gasteiger charge is 2.07. The second-order valence-corrected chi connectivity index (χ2v) is 5.73. The Balaban J connectivity index is 2.08. The van der Waals surface area contributed by atoms with E-state index >= 15 is 0 Å².